The standard InChI is InChI=1S/C19H16F6N6O2/c20-18(21,22)2-1-16(32)27-5-11-3-15-30-14(10-31(15)29-6-11)9-28-17(33)12-4-13(8-26-7-12)19(23,24)25/h3-4,6-8,10H,1-2,5,9H2,(H,27,32)(H,28,33). The summed E-state index contributed by atoms with van der Waals surface area (Å²) in [6.45, 7) is -0.163. The fraction of sp³-hybridized carbons (Fsp3) is 0.316. The highest BCUT2D eigenvalue weighted by molar-refractivity contribution is 5.94. The minimum Gasteiger partial charge on any atom is -0.352 e. The highest BCUT2D eigenvalue weighted by atomic mass is 19.4. The van der Waals surface area contributed by atoms with Gasteiger partial charge in [-0.15, -0.1) is 0 Å². The number of imidazole rings is 1. The average Bonchev–Trinajstić information content (AvgIpc) is 3.15. The molecule has 0 aliphatic rings. The van der Waals surface area contributed by atoms with Gasteiger partial charge in [-0.25, -0.2) is 9.50 Å². The highest BCUT2D eigenvalue weighted by Crippen LogP contribution is 2.28. The van der Waals surface area contributed by atoms with Crippen molar-refractivity contribution in [1.29, 1.82) is 0 Å². The first-order valence-electron chi connectivity index (χ1n) is 9.38. The zero-order valence-electron chi connectivity index (χ0n) is 16.7. The van der Waals surface area contributed by atoms with Crippen LogP contribution >= 0.6 is 0 Å². The van der Waals surface area contributed by atoms with Crippen molar-refractivity contribution in [3.05, 3.63) is 59.3 Å². The Hall–Kier alpha value is -3.71. The summed E-state index contributed by atoms with van der Waals surface area (Å²) < 4.78 is 76.1. The number of amides is 2. The lowest BCUT2D eigenvalue weighted by Crippen LogP contribution is -2.24. The van der Waals surface area contributed by atoms with Crippen LogP contribution in [0.5, 0.6) is 0 Å². The summed E-state index contributed by atoms with van der Waals surface area (Å²) in [7, 11) is 0. The van der Waals surface area contributed by atoms with E-state index >= 15 is 0 Å². The van der Waals surface area contributed by atoms with Crippen LogP contribution in [0.1, 0.15) is 40.0 Å². The molecule has 2 amide bonds. The molecule has 33 heavy (non-hydrogen) atoms. The van der Waals surface area contributed by atoms with Crippen LogP contribution in [0, 0.1) is 0 Å². The Balaban J connectivity index is 1.58. The van der Waals surface area contributed by atoms with Gasteiger partial charge in [-0.1, -0.05) is 0 Å². The molecule has 0 unspecified atom stereocenters. The van der Waals surface area contributed by atoms with E-state index in [9.17, 15) is 35.9 Å². The molecule has 0 radical (unpaired) electrons. The van der Waals surface area contributed by atoms with Crippen molar-refractivity contribution >= 4 is 17.5 Å². The number of pyridine rings is 1. The van der Waals surface area contributed by atoms with Crippen LogP contribution in [0.15, 0.2) is 36.9 Å². The first-order chi connectivity index (χ1) is 15.4. The molecule has 3 aromatic rings. The molecule has 0 bridgehead atoms. The topological polar surface area (TPSA) is 101 Å². The van der Waals surface area contributed by atoms with Gasteiger partial charge in [-0.2, -0.15) is 31.4 Å². The minimum atomic E-state index is -4.63. The van der Waals surface area contributed by atoms with Crippen molar-refractivity contribution in [2.45, 2.75) is 38.3 Å². The van der Waals surface area contributed by atoms with Crippen molar-refractivity contribution in [1.82, 2.24) is 30.2 Å². The third-order valence-corrected chi connectivity index (χ3v) is 4.31. The van der Waals surface area contributed by atoms with E-state index in [-0.39, 0.29) is 18.7 Å². The van der Waals surface area contributed by atoms with Crippen molar-refractivity contribution in [2.75, 3.05) is 0 Å². The van der Waals surface area contributed by atoms with Gasteiger partial charge in [0.05, 0.1) is 42.2 Å². The second kappa shape index (κ2) is 9.42. The van der Waals surface area contributed by atoms with E-state index < -0.39 is 42.6 Å². The van der Waals surface area contributed by atoms with E-state index in [1.165, 1.54) is 16.9 Å². The van der Waals surface area contributed by atoms with Crippen LogP contribution in [-0.2, 0) is 24.1 Å². The molecule has 8 nitrogen and oxygen atoms in total. The maximum Gasteiger partial charge on any atom is 0.417 e. The maximum absolute atomic E-state index is 12.8. The molecule has 0 aromatic carbocycles. The molecule has 0 aliphatic carbocycles. The number of carbonyl (C=O) groups excluding carboxylic acids is 2. The van der Waals surface area contributed by atoms with Gasteiger partial charge in [0.25, 0.3) is 5.91 Å². The third kappa shape index (κ3) is 6.89. The van der Waals surface area contributed by atoms with Gasteiger partial charge in [-0.05, 0) is 17.7 Å². The monoisotopic (exact) mass is 474 g/mol. The summed E-state index contributed by atoms with van der Waals surface area (Å²) in [5.41, 5.74) is -0.149. The quantitative estimate of drug-likeness (QED) is 0.513. The first kappa shape index (κ1) is 23.9. The maximum atomic E-state index is 12.8. The molecule has 3 aromatic heterocycles. The van der Waals surface area contributed by atoms with Gasteiger partial charge < -0.3 is 10.6 Å². The molecular weight excluding hydrogens is 458 g/mol. The highest BCUT2D eigenvalue weighted by Gasteiger charge is 2.31. The summed E-state index contributed by atoms with van der Waals surface area (Å²) in [6, 6.07) is 2.22. The molecule has 14 heteroatoms. The van der Waals surface area contributed by atoms with E-state index in [2.05, 4.69) is 25.7 Å². The summed E-state index contributed by atoms with van der Waals surface area (Å²) in [4.78, 5) is 31.3. The number of alkyl halides is 6. The number of rotatable bonds is 7. The van der Waals surface area contributed by atoms with Crippen LogP contribution < -0.4 is 10.6 Å². The molecule has 3 rings (SSSR count). The predicted octanol–water partition coefficient (Wildman–Crippen LogP) is 3.03. The lowest BCUT2D eigenvalue weighted by Gasteiger charge is -2.08. The molecule has 0 aliphatic heterocycles. The van der Waals surface area contributed by atoms with Gasteiger partial charge >= 0.3 is 12.4 Å². The smallest absolute Gasteiger partial charge is 0.352 e. The minimum absolute atomic E-state index is 0.0539. The number of aromatic nitrogens is 4. The third-order valence-electron chi connectivity index (χ3n) is 4.31. The number of carbonyl (C=O) groups is 2. The Morgan fingerprint density at radius 2 is 1.73 bits per heavy atom. The SMILES string of the molecule is O=C(CCC(F)(F)F)NCc1cnn2cc(CNC(=O)c3cncc(C(F)(F)F)c3)nc2c1. The van der Waals surface area contributed by atoms with Gasteiger partial charge in [0.15, 0.2) is 5.65 Å². The van der Waals surface area contributed by atoms with E-state index in [4.69, 9.17) is 0 Å². The van der Waals surface area contributed by atoms with Crippen LogP contribution in [0.25, 0.3) is 5.65 Å². The number of nitrogens with one attached hydrogen (secondary N) is 2. The van der Waals surface area contributed by atoms with Crippen LogP contribution in [0.2, 0.25) is 0 Å². The number of halogens is 6. The lowest BCUT2D eigenvalue weighted by atomic mass is 10.2. The molecule has 176 valence electrons. The Morgan fingerprint density at radius 3 is 2.42 bits per heavy atom. The van der Waals surface area contributed by atoms with Gasteiger partial charge in [0.1, 0.15) is 0 Å². The summed E-state index contributed by atoms with van der Waals surface area (Å²) in [6.07, 6.45) is -6.48. The van der Waals surface area contributed by atoms with E-state index in [1.54, 1.807) is 6.07 Å². The molecule has 2 N–H and O–H groups in total. The lowest BCUT2D eigenvalue weighted by molar-refractivity contribution is -0.144. The van der Waals surface area contributed by atoms with Gasteiger partial charge in [0.2, 0.25) is 5.91 Å². The summed E-state index contributed by atoms with van der Waals surface area (Å²) in [5, 5.41) is 8.86. The number of hydrogen-bond acceptors (Lipinski definition) is 5. The van der Waals surface area contributed by atoms with E-state index in [0.29, 0.717) is 29.2 Å². The van der Waals surface area contributed by atoms with Crippen LogP contribution in [0.3, 0.4) is 0 Å². The van der Waals surface area contributed by atoms with Crippen LogP contribution in [0.4, 0.5) is 26.3 Å². The molecule has 0 saturated carbocycles. The van der Waals surface area contributed by atoms with Crippen molar-refractivity contribution in [3.8, 4) is 0 Å². The second-order valence-electron chi connectivity index (χ2n) is 6.93. The zero-order chi connectivity index (χ0) is 24.2. The van der Waals surface area contributed by atoms with E-state index in [1.807, 2.05) is 0 Å². The number of fused-ring (bicyclic) bond motifs is 1. The zero-order valence-corrected chi connectivity index (χ0v) is 16.7. The summed E-state index contributed by atoms with van der Waals surface area (Å²) in [5.74, 6) is -1.54. The van der Waals surface area contributed by atoms with Gasteiger partial charge in [-0.3, -0.25) is 14.6 Å². The predicted molar refractivity (Wildman–Crippen MR) is 101 cm³/mol. The molecule has 3 heterocycles. The van der Waals surface area contributed by atoms with Crippen molar-refractivity contribution in [2.24, 2.45) is 0 Å². The molecule has 0 atom stereocenters. The Labute approximate surface area is 182 Å². The van der Waals surface area contributed by atoms with Crippen LogP contribution in [-0.4, -0.2) is 37.6 Å². The van der Waals surface area contributed by atoms with Gasteiger partial charge in [0, 0.05) is 25.4 Å². The first-order valence-corrected chi connectivity index (χ1v) is 9.38. The summed E-state index contributed by atoms with van der Waals surface area (Å²) >= 11 is 0. The normalized spacial score (nSPS) is 12.1. The van der Waals surface area contributed by atoms with Crippen molar-refractivity contribution in [3.63, 3.8) is 0 Å². The molecule has 0 spiro atoms. The Morgan fingerprint density at radius 1 is 0.970 bits per heavy atom. The Bertz CT molecular complexity index is 1160. The number of nitrogens with zero attached hydrogens (tertiary/aromatic N) is 4. The average molecular weight is 474 g/mol. The van der Waals surface area contributed by atoms with Crippen molar-refractivity contribution < 1.29 is 35.9 Å². The largest absolute Gasteiger partial charge is 0.417 e. The Kier molecular flexibility index (Phi) is 6.84. The fourth-order valence-corrected chi connectivity index (χ4v) is 2.68. The van der Waals surface area contributed by atoms with E-state index in [0.717, 1.165) is 6.20 Å². The number of hydrogen-bond donors (Lipinski definition) is 2. The fourth-order valence-electron chi connectivity index (χ4n) is 2.68. The second-order valence-corrected chi connectivity index (χ2v) is 6.93. The molecule has 0 saturated heterocycles. The molecule has 0 fully saturated rings. The molecular formula is C19H16F6N6O2.